The molecule has 2 heterocycles. The first-order valence-electron chi connectivity index (χ1n) is 12.1. The van der Waals surface area contributed by atoms with Gasteiger partial charge >= 0.3 is 5.97 Å². The predicted molar refractivity (Wildman–Crippen MR) is 147 cm³/mol. The fourth-order valence-corrected chi connectivity index (χ4v) is 4.48. The van der Waals surface area contributed by atoms with Gasteiger partial charge in [-0.2, -0.15) is 4.40 Å². The highest BCUT2D eigenvalue weighted by atomic mass is 32.2. The molecule has 0 aliphatic rings. The highest BCUT2D eigenvalue weighted by Gasteiger charge is 2.27. The van der Waals surface area contributed by atoms with Gasteiger partial charge < -0.3 is 14.3 Å². The molecule has 0 aliphatic heterocycles. The molecule has 198 valence electrons. The first kappa shape index (κ1) is 27.1. The largest absolute Gasteiger partial charge is 0.488 e. The van der Waals surface area contributed by atoms with Gasteiger partial charge in [0.25, 0.3) is 10.0 Å². The Kier molecular flexibility index (Phi) is 7.42. The topological polar surface area (TPSA) is 119 Å². The SMILES string of the molecule is Cc1ccc(CC(=O)O)c(OCc2cc(-c3ccnc(C=NS(=O)(=O)C(C)(C)C)c3)c3occc3c2)c1C. The van der Waals surface area contributed by atoms with E-state index in [2.05, 4.69) is 9.38 Å². The van der Waals surface area contributed by atoms with Crippen LogP contribution in [-0.4, -0.2) is 35.4 Å². The van der Waals surface area contributed by atoms with Gasteiger partial charge in [0.05, 0.1) is 29.3 Å². The van der Waals surface area contributed by atoms with Crippen LogP contribution in [0, 0.1) is 13.8 Å². The summed E-state index contributed by atoms with van der Waals surface area (Å²) in [5.74, 6) is -0.351. The number of carbonyl (C=O) groups is 1. The number of rotatable bonds is 8. The summed E-state index contributed by atoms with van der Waals surface area (Å²) in [7, 11) is -3.70. The van der Waals surface area contributed by atoms with Crippen LogP contribution in [0.4, 0.5) is 0 Å². The maximum absolute atomic E-state index is 12.4. The van der Waals surface area contributed by atoms with E-state index in [1.165, 1.54) is 6.21 Å². The Balaban J connectivity index is 1.69. The van der Waals surface area contributed by atoms with Crippen LogP contribution in [0.1, 0.15) is 48.7 Å². The van der Waals surface area contributed by atoms with Gasteiger partial charge in [0.15, 0.2) is 0 Å². The van der Waals surface area contributed by atoms with Crippen LogP contribution in [0.5, 0.6) is 5.75 Å². The summed E-state index contributed by atoms with van der Waals surface area (Å²) in [6.45, 7) is 8.86. The minimum atomic E-state index is -3.70. The number of hydrogen-bond acceptors (Lipinski definition) is 6. The van der Waals surface area contributed by atoms with E-state index in [-0.39, 0.29) is 13.0 Å². The van der Waals surface area contributed by atoms with Crippen LogP contribution >= 0.6 is 0 Å². The number of pyridine rings is 1. The second-order valence-corrected chi connectivity index (χ2v) is 12.5. The molecule has 38 heavy (non-hydrogen) atoms. The number of sulfonamides is 1. The maximum atomic E-state index is 12.4. The van der Waals surface area contributed by atoms with Gasteiger partial charge in [0, 0.05) is 22.7 Å². The van der Waals surface area contributed by atoms with E-state index in [9.17, 15) is 18.3 Å². The zero-order valence-electron chi connectivity index (χ0n) is 22.0. The van der Waals surface area contributed by atoms with Gasteiger partial charge in [0.1, 0.15) is 17.9 Å². The van der Waals surface area contributed by atoms with Crippen molar-refractivity contribution in [1.29, 1.82) is 0 Å². The number of benzene rings is 2. The second-order valence-electron chi connectivity index (χ2n) is 10.1. The molecule has 0 amide bonds. The molecule has 4 aromatic rings. The van der Waals surface area contributed by atoms with Gasteiger partial charge in [-0.15, -0.1) is 0 Å². The lowest BCUT2D eigenvalue weighted by Crippen LogP contribution is -2.25. The summed E-state index contributed by atoms with van der Waals surface area (Å²) in [6, 6.07) is 13.0. The van der Waals surface area contributed by atoms with E-state index in [0.717, 1.165) is 33.2 Å². The van der Waals surface area contributed by atoms with Crippen molar-refractivity contribution in [1.82, 2.24) is 4.98 Å². The molecule has 0 fully saturated rings. The van der Waals surface area contributed by atoms with E-state index in [1.807, 2.05) is 44.2 Å². The van der Waals surface area contributed by atoms with E-state index >= 15 is 0 Å². The average molecular weight is 535 g/mol. The average Bonchev–Trinajstić information content (AvgIpc) is 3.32. The Morgan fingerprint density at radius 1 is 1.13 bits per heavy atom. The summed E-state index contributed by atoms with van der Waals surface area (Å²) < 4.78 is 39.5. The van der Waals surface area contributed by atoms with Crippen molar-refractivity contribution in [3.8, 4) is 16.9 Å². The van der Waals surface area contributed by atoms with Crippen LogP contribution in [0.3, 0.4) is 0 Å². The highest BCUT2D eigenvalue weighted by Crippen LogP contribution is 2.33. The summed E-state index contributed by atoms with van der Waals surface area (Å²) in [6.07, 6.45) is 4.32. The Hall–Kier alpha value is -3.98. The molecule has 0 unspecified atom stereocenters. The lowest BCUT2D eigenvalue weighted by molar-refractivity contribution is -0.136. The first-order chi connectivity index (χ1) is 17.9. The number of ether oxygens (including phenoxy) is 1. The maximum Gasteiger partial charge on any atom is 0.307 e. The Morgan fingerprint density at radius 2 is 1.89 bits per heavy atom. The summed E-state index contributed by atoms with van der Waals surface area (Å²) >= 11 is 0. The molecule has 0 radical (unpaired) electrons. The van der Waals surface area contributed by atoms with Gasteiger partial charge in [-0.05, 0) is 87.2 Å². The van der Waals surface area contributed by atoms with Gasteiger partial charge in [-0.25, -0.2) is 8.42 Å². The molecule has 0 aliphatic carbocycles. The first-order valence-corrected chi connectivity index (χ1v) is 13.5. The van der Waals surface area contributed by atoms with Crippen molar-refractivity contribution in [2.75, 3.05) is 0 Å². The minimum Gasteiger partial charge on any atom is -0.488 e. The summed E-state index contributed by atoms with van der Waals surface area (Å²) in [5, 5.41) is 10.2. The van der Waals surface area contributed by atoms with E-state index < -0.39 is 20.7 Å². The van der Waals surface area contributed by atoms with Gasteiger partial charge in [0.2, 0.25) is 0 Å². The smallest absolute Gasteiger partial charge is 0.307 e. The third-order valence-corrected chi connectivity index (χ3v) is 8.21. The Morgan fingerprint density at radius 3 is 2.61 bits per heavy atom. The predicted octanol–water partition coefficient (Wildman–Crippen LogP) is 5.86. The fraction of sp³-hybridized carbons (Fsp3) is 0.276. The Labute approximate surface area is 222 Å². The number of fused-ring (bicyclic) bond motifs is 1. The lowest BCUT2D eigenvalue weighted by atomic mass is 10.0. The van der Waals surface area contributed by atoms with Crippen molar-refractivity contribution in [2.45, 2.75) is 52.4 Å². The van der Waals surface area contributed by atoms with Crippen LogP contribution in [-0.2, 0) is 27.8 Å². The zero-order valence-corrected chi connectivity index (χ0v) is 22.8. The standard InChI is InChI=1S/C29H30N2O6S/c1-18-6-7-22(15-26(32)33)27(19(18)2)37-17-20-12-23-9-11-36-28(23)25(13-20)21-8-10-30-24(14-21)16-31-38(34,35)29(3,4)5/h6-14,16H,15,17H2,1-5H3,(H,32,33). The van der Waals surface area contributed by atoms with Crippen LogP contribution < -0.4 is 4.74 Å². The molecule has 4 rings (SSSR count). The number of aromatic nitrogens is 1. The fourth-order valence-electron chi connectivity index (χ4n) is 3.91. The number of aryl methyl sites for hydroxylation is 1. The third kappa shape index (κ3) is 5.78. The molecule has 0 bridgehead atoms. The summed E-state index contributed by atoms with van der Waals surface area (Å²) in [4.78, 5) is 15.6. The van der Waals surface area contributed by atoms with E-state index in [0.29, 0.717) is 22.6 Å². The second kappa shape index (κ2) is 10.4. The monoisotopic (exact) mass is 534 g/mol. The number of carboxylic acid groups (broad SMARTS) is 1. The molecule has 0 atom stereocenters. The molecular weight excluding hydrogens is 504 g/mol. The third-order valence-electron chi connectivity index (χ3n) is 6.28. The highest BCUT2D eigenvalue weighted by molar-refractivity contribution is 7.91. The molecule has 8 nitrogen and oxygen atoms in total. The van der Waals surface area contributed by atoms with Crippen molar-refractivity contribution < 1.29 is 27.5 Å². The van der Waals surface area contributed by atoms with Gasteiger partial charge in [-0.1, -0.05) is 12.1 Å². The quantitative estimate of drug-likeness (QED) is 0.281. The van der Waals surface area contributed by atoms with Crippen LogP contribution in [0.15, 0.2) is 63.7 Å². The van der Waals surface area contributed by atoms with Gasteiger partial charge in [-0.3, -0.25) is 9.78 Å². The van der Waals surface area contributed by atoms with E-state index in [1.54, 1.807) is 45.4 Å². The van der Waals surface area contributed by atoms with E-state index in [4.69, 9.17) is 9.15 Å². The molecule has 0 saturated carbocycles. The number of carboxylic acids is 1. The van der Waals surface area contributed by atoms with Crippen molar-refractivity contribution >= 4 is 33.2 Å². The number of hydrogen-bond donors (Lipinski definition) is 1. The number of nitrogens with zero attached hydrogens (tertiary/aromatic N) is 2. The molecule has 0 saturated heterocycles. The minimum absolute atomic E-state index is 0.130. The molecule has 0 spiro atoms. The molecule has 1 N–H and O–H groups in total. The normalized spacial score (nSPS) is 12.3. The van der Waals surface area contributed by atoms with Crippen molar-refractivity contribution in [3.05, 3.63) is 82.9 Å². The number of aliphatic carboxylic acids is 1. The van der Waals surface area contributed by atoms with Crippen LogP contribution in [0.25, 0.3) is 22.1 Å². The summed E-state index contributed by atoms with van der Waals surface area (Å²) in [5.41, 5.74) is 6.01. The van der Waals surface area contributed by atoms with Crippen molar-refractivity contribution in [2.24, 2.45) is 4.40 Å². The molecule has 2 aromatic carbocycles. The zero-order chi connectivity index (χ0) is 27.7. The Bertz CT molecular complexity index is 1650. The molecular formula is C29H30N2O6S. The number of furan rings is 1. The molecule has 2 aromatic heterocycles. The van der Waals surface area contributed by atoms with Crippen molar-refractivity contribution in [3.63, 3.8) is 0 Å². The molecule has 9 heteroatoms. The van der Waals surface area contributed by atoms with Crippen LogP contribution in [0.2, 0.25) is 0 Å². The lowest BCUT2D eigenvalue weighted by Gasteiger charge is -2.16.